The van der Waals surface area contributed by atoms with E-state index in [0.717, 1.165) is 11.1 Å². The van der Waals surface area contributed by atoms with Crippen molar-refractivity contribution in [2.75, 3.05) is 14.2 Å². The number of thioether (sulfide) groups is 1. The summed E-state index contributed by atoms with van der Waals surface area (Å²) in [7, 11) is 3.32. The van der Waals surface area contributed by atoms with Crippen LogP contribution in [0.5, 0.6) is 5.75 Å². The minimum Gasteiger partial charge on any atom is -0.497 e. The molecule has 0 fully saturated rings. The second-order valence-electron chi connectivity index (χ2n) is 7.50. The van der Waals surface area contributed by atoms with Crippen molar-refractivity contribution in [3.63, 3.8) is 0 Å². The number of aromatic amines is 1. The molecule has 1 N–H and O–H groups in total. The average Bonchev–Trinajstić information content (AvgIpc) is 3.28. The van der Waals surface area contributed by atoms with Crippen molar-refractivity contribution in [1.82, 2.24) is 19.9 Å². The summed E-state index contributed by atoms with van der Waals surface area (Å²) >= 11 is 7.44. The molecular weight excluding hydrogens is 475 g/mol. The van der Waals surface area contributed by atoms with Gasteiger partial charge in [-0.05, 0) is 54.1 Å². The van der Waals surface area contributed by atoms with Crippen LogP contribution in [-0.2, 0) is 12.3 Å². The van der Waals surface area contributed by atoms with E-state index in [4.69, 9.17) is 16.3 Å². The molecule has 0 saturated carbocycles. The topological polar surface area (TPSA) is 71.1 Å². The lowest BCUT2D eigenvalue weighted by atomic mass is 10.1. The molecule has 0 radical (unpaired) electrons. The lowest BCUT2D eigenvalue weighted by Gasteiger charge is -2.17. The van der Waals surface area contributed by atoms with Gasteiger partial charge in [-0.2, -0.15) is 0 Å². The molecule has 4 aromatic rings. The third kappa shape index (κ3) is 5.40. The molecule has 2 heterocycles. The van der Waals surface area contributed by atoms with E-state index in [9.17, 15) is 9.18 Å². The summed E-state index contributed by atoms with van der Waals surface area (Å²) in [5, 5.41) is 0.841. The van der Waals surface area contributed by atoms with E-state index in [2.05, 4.69) is 15.0 Å². The van der Waals surface area contributed by atoms with Crippen LogP contribution in [0.25, 0.3) is 11.3 Å². The zero-order valence-corrected chi connectivity index (χ0v) is 20.2. The Kier molecular flexibility index (Phi) is 7.49. The van der Waals surface area contributed by atoms with Crippen LogP contribution in [0.2, 0.25) is 5.02 Å². The standard InChI is InChI=1S/C25H22ClFN4O2S/c1-31(14-16-10-12-28-13-11-16)24(32)23-22(17-6-8-18(33-2)9-7-17)29-25(30-23)34-15-19-20(26)4-3-5-21(19)27/h3-13H,14-15H2,1-2H3,(H,29,30). The summed E-state index contributed by atoms with van der Waals surface area (Å²) < 4.78 is 19.5. The van der Waals surface area contributed by atoms with Gasteiger partial charge in [0.1, 0.15) is 23.0 Å². The van der Waals surface area contributed by atoms with Crippen LogP contribution in [-0.4, -0.2) is 39.9 Å². The van der Waals surface area contributed by atoms with E-state index in [1.165, 1.54) is 17.8 Å². The van der Waals surface area contributed by atoms with E-state index in [1.54, 1.807) is 43.6 Å². The molecule has 6 nitrogen and oxygen atoms in total. The van der Waals surface area contributed by atoms with Crippen LogP contribution < -0.4 is 4.74 Å². The number of nitrogens with one attached hydrogen (secondary N) is 1. The summed E-state index contributed by atoms with van der Waals surface area (Å²) in [6.45, 7) is 0.412. The van der Waals surface area contributed by atoms with Gasteiger partial charge in [-0.3, -0.25) is 9.78 Å². The molecule has 0 saturated heterocycles. The fourth-order valence-corrected chi connectivity index (χ4v) is 4.58. The first-order valence-corrected chi connectivity index (χ1v) is 11.8. The molecule has 0 bridgehead atoms. The molecule has 0 atom stereocenters. The van der Waals surface area contributed by atoms with Crippen molar-refractivity contribution < 1.29 is 13.9 Å². The van der Waals surface area contributed by atoms with E-state index in [-0.39, 0.29) is 17.5 Å². The fraction of sp³-hybridized carbons (Fsp3) is 0.160. The van der Waals surface area contributed by atoms with Gasteiger partial charge in [0.15, 0.2) is 5.16 Å². The van der Waals surface area contributed by atoms with Crippen molar-refractivity contribution in [2.45, 2.75) is 17.5 Å². The zero-order valence-electron chi connectivity index (χ0n) is 18.6. The lowest BCUT2D eigenvalue weighted by molar-refractivity contribution is 0.0780. The Hall–Kier alpha value is -3.36. The Labute approximate surface area is 206 Å². The number of carbonyl (C=O) groups is 1. The molecule has 0 aliphatic carbocycles. The summed E-state index contributed by atoms with van der Waals surface area (Å²) in [6, 6.07) is 15.6. The minimum absolute atomic E-state index is 0.217. The molecule has 174 valence electrons. The number of ether oxygens (including phenoxy) is 1. The normalized spacial score (nSPS) is 10.8. The largest absolute Gasteiger partial charge is 0.497 e. The maximum atomic E-state index is 14.2. The zero-order chi connectivity index (χ0) is 24.1. The molecule has 0 spiro atoms. The van der Waals surface area contributed by atoms with Gasteiger partial charge >= 0.3 is 0 Å². The van der Waals surface area contributed by atoms with Crippen LogP contribution >= 0.6 is 23.4 Å². The highest BCUT2D eigenvalue weighted by Crippen LogP contribution is 2.31. The monoisotopic (exact) mass is 496 g/mol. The smallest absolute Gasteiger partial charge is 0.272 e. The molecule has 0 unspecified atom stereocenters. The number of amides is 1. The predicted molar refractivity (Wildman–Crippen MR) is 132 cm³/mol. The van der Waals surface area contributed by atoms with Crippen molar-refractivity contribution in [1.29, 1.82) is 0 Å². The van der Waals surface area contributed by atoms with Crippen molar-refractivity contribution in [3.05, 3.63) is 94.7 Å². The molecule has 2 aromatic heterocycles. The number of benzene rings is 2. The van der Waals surface area contributed by atoms with E-state index in [0.29, 0.717) is 39.4 Å². The van der Waals surface area contributed by atoms with Gasteiger partial charge in [-0.15, -0.1) is 0 Å². The third-order valence-electron chi connectivity index (χ3n) is 5.19. The summed E-state index contributed by atoms with van der Waals surface area (Å²) in [6.07, 6.45) is 3.38. The maximum Gasteiger partial charge on any atom is 0.272 e. The molecule has 4 rings (SSSR count). The van der Waals surface area contributed by atoms with Gasteiger partial charge in [-0.25, -0.2) is 9.37 Å². The number of rotatable bonds is 8. The first-order chi connectivity index (χ1) is 16.5. The molecule has 1 amide bonds. The molecule has 34 heavy (non-hydrogen) atoms. The number of hydrogen-bond acceptors (Lipinski definition) is 5. The minimum atomic E-state index is -0.379. The molecule has 0 aliphatic rings. The van der Waals surface area contributed by atoms with E-state index >= 15 is 0 Å². The average molecular weight is 497 g/mol. The van der Waals surface area contributed by atoms with Crippen LogP contribution in [0.1, 0.15) is 21.6 Å². The third-order valence-corrected chi connectivity index (χ3v) is 6.44. The summed E-state index contributed by atoms with van der Waals surface area (Å²) in [5.41, 5.74) is 2.97. The Bertz CT molecular complexity index is 1260. The number of H-pyrrole nitrogens is 1. The maximum absolute atomic E-state index is 14.2. The van der Waals surface area contributed by atoms with Gasteiger partial charge in [0.05, 0.1) is 7.11 Å². The van der Waals surface area contributed by atoms with Crippen molar-refractivity contribution in [3.8, 4) is 17.0 Å². The van der Waals surface area contributed by atoms with Gasteiger partial charge < -0.3 is 14.6 Å². The second-order valence-corrected chi connectivity index (χ2v) is 8.87. The summed E-state index contributed by atoms with van der Waals surface area (Å²) in [5.74, 6) is 0.369. The highest BCUT2D eigenvalue weighted by molar-refractivity contribution is 7.98. The summed E-state index contributed by atoms with van der Waals surface area (Å²) in [4.78, 5) is 26.8. The fourth-order valence-electron chi connectivity index (χ4n) is 3.37. The van der Waals surface area contributed by atoms with Crippen LogP contribution in [0.3, 0.4) is 0 Å². The van der Waals surface area contributed by atoms with Gasteiger partial charge in [0, 0.05) is 47.9 Å². The lowest BCUT2D eigenvalue weighted by Crippen LogP contribution is -2.27. The second kappa shape index (κ2) is 10.7. The molecule has 0 aliphatic heterocycles. The Morgan fingerprint density at radius 3 is 2.56 bits per heavy atom. The number of imidazole rings is 1. The Morgan fingerprint density at radius 1 is 1.15 bits per heavy atom. The number of pyridine rings is 1. The van der Waals surface area contributed by atoms with E-state index in [1.807, 2.05) is 36.4 Å². The van der Waals surface area contributed by atoms with Crippen molar-refractivity contribution >= 4 is 29.3 Å². The van der Waals surface area contributed by atoms with E-state index < -0.39 is 0 Å². The van der Waals surface area contributed by atoms with Crippen LogP contribution in [0, 0.1) is 5.82 Å². The van der Waals surface area contributed by atoms with Gasteiger partial charge in [0.25, 0.3) is 5.91 Å². The number of aromatic nitrogens is 3. The van der Waals surface area contributed by atoms with Gasteiger partial charge in [0.2, 0.25) is 0 Å². The van der Waals surface area contributed by atoms with Crippen LogP contribution in [0.4, 0.5) is 4.39 Å². The number of nitrogens with zero attached hydrogens (tertiary/aromatic N) is 3. The number of methoxy groups -OCH3 is 1. The predicted octanol–water partition coefficient (Wildman–Crippen LogP) is 5.84. The Balaban J connectivity index is 1.64. The number of hydrogen-bond donors (Lipinski definition) is 1. The molecule has 2 aromatic carbocycles. The SMILES string of the molecule is COc1ccc(-c2nc(SCc3c(F)cccc3Cl)[nH]c2C(=O)N(C)Cc2ccncc2)cc1. The first-order valence-electron chi connectivity index (χ1n) is 10.4. The van der Waals surface area contributed by atoms with Crippen molar-refractivity contribution in [2.24, 2.45) is 0 Å². The molecular formula is C25H22ClFN4O2S. The van der Waals surface area contributed by atoms with Gasteiger partial charge in [-0.1, -0.05) is 29.4 Å². The number of halogens is 2. The quantitative estimate of drug-likeness (QED) is 0.310. The number of carbonyl (C=O) groups excluding carboxylic acids is 1. The van der Waals surface area contributed by atoms with Crippen LogP contribution in [0.15, 0.2) is 72.1 Å². The Morgan fingerprint density at radius 2 is 1.88 bits per heavy atom. The highest BCUT2D eigenvalue weighted by Gasteiger charge is 2.23. The molecule has 9 heteroatoms. The highest BCUT2D eigenvalue weighted by atomic mass is 35.5. The first kappa shape index (κ1) is 23.8.